The number of carbonyl (C=O) groups excluding carboxylic acids is 1. The number of nitrogens with zero attached hydrogens (tertiary/aromatic N) is 4. The number of aryl methyl sites for hydroxylation is 1. The monoisotopic (exact) mass is 511 g/mol. The van der Waals surface area contributed by atoms with Gasteiger partial charge in [-0.05, 0) is 39.5 Å². The van der Waals surface area contributed by atoms with Crippen LogP contribution in [-0.2, 0) is 4.79 Å². The van der Waals surface area contributed by atoms with Gasteiger partial charge in [-0.25, -0.2) is 19.7 Å². The summed E-state index contributed by atoms with van der Waals surface area (Å²) in [5, 5.41) is 12.5. The number of likely N-dealkylation sites (tertiary alicyclic amines) is 1. The van der Waals surface area contributed by atoms with E-state index in [2.05, 4.69) is 40.2 Å². The second-order valence-electron chi connectivity index (χ2n) is 9.58. The van der Waals surface area contributed by atoms with Crippen LogP contribution in [0.25, 0.3) is 23.2 Å². The molecule has 0 aliphatic carbocycles. The van der Waals surface area contributed by atoms with Crippen LogP contribution in [0.1, 0.15) is 75.1 Å². The van der Waals surface area contributed by atoms with E-state index in [9.17, 15) is 9.59 Å². The maximum atomic E-state index is 13.6. The molecule has 3 unspecified atom stereocenters. The van der Waals surface area contributed by atoms with Crippen molar-refractivity contribution in [3.8, 4) is 23.2 Å². The molecule has 4 heterocycles. The number of rotatable bonds is 10. The van der Waals surface area contributed by atoms with Crippen molar-refractivity contribution >= 4 is 11.9 Å². The fraction of sp³-hybridized carbons (Fsp3) is 0.500. The third-order valence-electron chi connectivity index (χ3n) is 6.61. The molecule has 0 saturated carbocycles. The van der Waals surface area contributed by atoms with Crippen molar-refractivity contribution in [1.29, 1.82) is 0 Å². The van der Waals surface area contributed by atoms with Crippen LogP contribution < -0.4 is 5.32 Å². The summed E-state index contributed by atoms with van der Waals surface area (Å²) in [7, 11) is 0. The molecule has 2 N–H and O–H groups in total. The van der Waals surface area contributed by atoms with Gasteiger partial charge < -0.3 is 28.6 Å². The minimum absolute atomic E-state index is 0.0397. The lowest BCUT2D eigenvalue weighted by Gasteiger charge is -2.30. The first-order valence-corrected chi connectivity index (χ1v) is 12.5. The van der Waals surface area contributed by atoms with Gasteiger partial charge in [0.05, 0.1) is 6.04 Å². The fourth-order valence-electron chi connectivity index (χ4n) is 4.35. The molecule has 198 valence electrons. The molecule has 1 amide bonds. The van der Waals surface area contributed by atoms with E-state index in [0.29, 0.717) is 30.4 Å². The molecule has 1 fully saturated rings. The Morgan fingerprint density at radius 2 is 2.00 bits per heavy atom. The Balaban J connectivity index is 1.53. The molecule has 3 aromatic rings. The second-order valence-corrected chi connectivity index (χ2v) is 9.58. The van der Waals surface area contributed by atoms with Gasteiger partial charge >= 0.3 is 5.97 Å². The highest BCUT2D eigenvalue weighted by Crippen LogP contribution is 2.35. The molecular weight excluding hydrogens is 478 g/mol. The first-order valence-electron chi connectivity index (χ1n) is 12.5. The van der Waals surface area contributed by atoms with Crippen molar-refractivity contribution in [2.24, 2.45) is 5.92 Å². The number of carboxylic acid groups (broad SMARTS) is 1. The molecule has 0 spiro atoms. The van der Waals surface area contributed by atoms with Gasteiger partial charge in [-0.2, -0.15) is 0 Å². The van der Waals surface area contributed by atoms with Gasteiger partial charge in [-0.3, -0.25) is 4.79 Å². The van der Waals surface area contributed by atoms with E-state index in [1.54, 1.807) is 6.92 Å². The number of hydrogen-bond donors (Lipinski definition) is 2. The van der Waals surface area contributed by atoms with Crippen LogP contribution in [0.15, 0.2) is 37.4 Å². The van der Waals surface area contributed by atoms with Crippen molar-refractivity contribution in [1.82, 2.24) is 25.2 Å². The molecule has 1 aliphatic heterocycles. The largest absolute Gasteiger partial charge is 0.476 e. The molecule has 37 heavy (non-hydrogen) atoms. The molecular formula is C26H33N5O6. The third-order valence-corrected chi connectivity index (χ3v) is 6.61. The number of nitrogens with one attached hydrogen (secondary N) is 1. The number of carboxylic acids is 1. The number of carbonyl (C=O) groups is 2. The standard InChI is InChI=1S/C26H33N5O6/c1-6-15(4)20(27-10-9-14(2)3)25(32)31-11-7-8-19(31)23-28-17(12-35-23)22-30-21(16(5)37-22)24-29-18(13-36-24)26(33)34/h9,12-13,15,19-20,27H,6-8,10-11H2,1-5H3,(H,33,34). The third kappa shape index (κ3) is 5.66. The predicted molar refractivity (Wildman–Crippen MR) is 134 cm³/mol. The topological polar surface area (TPSA) is 148 Å². The lowest BCUT2D eigenvalue weighted by molar-refractivity contribution is -0.136. The van der Waals surface area contributed by atoms with Crippen molar-refractivity contribution in [3.05, 3.63) is 41.5 Å². The van der Waals surface area contributed by atoms with E-state index in [0.717, 1.165) is 25.5 Å². The summed E-state index contributed by atoms with van der Waals surface area (Å²) in [4.78, 5) is 39.5. The molecule has 3 atom stereocenters. The summed E-state index contributed by atoms with van der Waals surface area (Å²) in [6.45, 7) is 11.2. The molecule has 3 aromatic heterocycles. The molecule has 11 heteroatoms. The fourth-order valence-corrected chi connectivity index (χ4v) is 4.35. The van der Waals surface area contributed by atoms with E-state index in [1.807, 2.05) is 18.7 Å². The Morgan fingerprint density at radius 3 is 2.68 bits per heavy atom. The summed E-state index contributed by atoms with van der Waals surface area (Å²) in [6, 6.07) is -0.581. The summed E-state index contributed by atoms with van der Waals surface area (Å²) < 4.78 is 16.8. The summed E-state index contributed by atoms with van der Waals surface area (Å²) in [5.41, 5.74) is 1.63. The zero-order chi connectivity index (χ0) is 26.7. The number of allylic oxidation sites excluding steroid dienone is 1. The molecule has 1 saturated heterocycles. The molecule has 11 nitrogen and oxygen atoms in total. The average molecular weight is 512 g/mol. The smallest absolute Gasteiger partial charge is 0.357 e. The highest BCUT2D eigenvalue weighted by Gasteiger charge is 2.38. The van der Waals surface area contributed by atoms with E-state index >= 15 is 0 Å². The van der Waals surface area contributed by atoms with Crippen LogP contribution in [0.2, 0.25) is 0 Å². The number of aromatic carboxylic acids is 1. The minimum atomic E-state index is -1.20. The Kier molecular flexibility index (Phi) is 7.91. The van der Waals surface area contributed by atoms with Crippen molar-refractivity contribution in [2.75, 3.05) is 13.1 Å². The Labute approximate surface area is 215 Å². The Bertz CT molecular complexity index is 1280. The summed E-state index contributed by atoms with van der Waals surface area (Å²) in [5.74, 6) is 0.0730. The molecule has 0 radical (unpaired) electrons. The zero-order valence-corrected chi connectivity index (χ0v) is 21.8. The first-order chi connectivity index (χ1) is 17.7. The molecule has 4 rings (SSSR count). The molecule has 0 bridgehead atoms. The van der Waals surface area contributed by atoms with Crippen molar-refractivity contribution < 1.29 is 27.9 Å². The SMILES string of the molecule is CCC(C)C(NCC=C(C)C)C(=O)N1CCCC1c1nc(-c2nc(-c3nc(C(=O)O)co3)c(C)o2)co1. The van der Waals surface area contributed by atoms with Crippen LogP contribution >= 0.6 is 0 Å². The van der Waals surface area contributed by atoms with Crippen LogP contribution in [0, 0.1) is 12.8 Å². The lowest BCUT2D eigenvalue weighted by atomic mass is 9.97. The second kappa shape index (κ2) is 11.1. The van der Waals surface area contributed by atoms with E-state index < -0.39 is 5.97 Å². The lowest BCUT2D eigenvalue weighted by Crippen LogP contribution is -2.49. The van der Waals surface area contributed by atoms with Crippen LogP contribution in [0.5, 0.6) is 0 Å². The van der Waals surface area contributed by atoms with Gasteiger partial charge in [0.1, 0.15) is 24.3 Å². The van der Waals surface area contributed by atoms with E-state index in [4.69, 9.17) is 18.4 Å². The Hall–Kier alpha value is -3.73. The predicted octanol–water partition coefficient (Wildman–Crippen LogP) is 4.63. The van der Waals surface area contributed by atoms with Crippen molar-refractivity contribution in [2.45, 2.75) is 66.0 Å². The number of hydrogen-bond acceptors (Lipinski definition) is 9. The van der Waals surface area contributed by atoms with Gasteiger partial charge in [0, 0.05) is 13.1 Å². The normalized spacial score (nSPS) is 17.1. The van der Waals surface area contributed by atoms with Crippen LogP contribution in [0.4, 0.5) is 0 Å². The maximum absolute atomic E-state index is 13.6. The average Bonchev–Trinajstić information content (AvgIpc) is 3.65. The van der Waals surface area contributed by atoms with Gasteiger partial charge in [-0.1, -0.05) is 31.9 Å². The van der Waals surface area contributed by atoms with Gasteiger partial charge in [0.2, 0.25) is 23.6 Å². The highest BCUT2D eigenvalue weighted by atomic mass is 16.4. The first kappa shape index (κ1) is 26.3. The maximum Gasteiger partial charge on any atom is 0.357 e. The van der Waals surface area contributed by atoms with Crippen molar-refractivity contribution in [3.63, 3.8) is 0 Å². The summed E-state index contributed by atoms with van der Waals surface area (Å²) in [6.07, 6.45) is 7.06. The number of aromatic nitrogens is 3. The van der Waals surface area contributed by atoms with Crippen LogP contribution in [0.3, 0.4) is 0 Å². The zero-order valence-electron chi connectivity index (χ0n) is 21.8. The Morgan fingerprint density at radius 1 is 1.22 bits per heavy atom. The molecule has 0 aromatic carbocycles. The van der Waals surface area contributed by atoms with E-state index in [1.165, 1.54) is 11.8 Å². The van der Waals surface area contributed by atoms with Gasteiger partial charge in [-0.15, -0.1) is 0 Å². The quantitative estimate of drug-likeness (QED) is 0.369. The van der Waals surface area contributed by atoms with Crippen LogP contribution in [-0.4, -0.2) is 56.0 Å². The van der Waals surface area contributed by atoms with Gasteiger partial charge in [0.15, 0.2) is 17.1 Å². The number of oxazole rings is 3. The van der Waals surface area contributed by atoms with Gasteiger partial charge in [0.25, 0.3) is 0 Å². The summed E-state index contributed by atoms with van der Waals surface area (Å²) >= 11 is 0. The number of amides is 1. The minimum Gasteiger partial charge on any atom is -0.476 e. The highest BCUT2D eigenvalue weighted by molar-refractivity contribution is 5.85. The molecule has 1 aliphatic rings. The van der Waals surface area contributed by atoms with E-state index in [-0.39, 0.29) is 47.1 Å².